The molecule has 112 valence electrons. The molecule has 7 heteroatoms. The van der Waals surface area contributed by atoms with Gasteiger partial charge in [0.1, 0.15) is 5.75 Å². The molecule has 1 rings (SSSR count). The van der Waals surface area contributed by atoms with Crippen LogP contribution in [0.2, 0.25) is 0 Å². The molecule has 0 spiro atoms. The summed E-state index contributed by atoms with van der Waals surface area (Å²) in [5, 5.41) is 12.0. The van der Waals surface area contributed by atoms with Gasteiger partial charge in [-0.1, -0.05) is 15.9 Å². The van der Waals surface area contributed by atoms with Crippen LogP contribution < -0.4 is 10.1 Å². The molecule has 1 aromatic carbocycles. The van der Waals surface area contributed by atoms with E-state index >= 15 is 0 Å². The molecule has 1 aromatic rings. The van der Waals surface area contributed by atoms with E-state index in [1.54, 1.807) is 6.07 Å². The summed E-state index contributed by atoms with van der Waals surface area (Å²) >= 11 is 8.24. The maximum atomic E-state index is 11.8. The summed E-state index contributed by atoms with van der Waals surface area (Å²) in [6.07, 6.45) is 1.90. The summed E-state index contributed by atoms with van der Waals surface area (Å²) in [7, 11) is 0. The number of carbonyl (C=O) groups excluding carboxylic acids is 1. The summed E-state index contributed by atoms with van der Waals surface area (Å²) < 4.78 is 7.17. The number of nitrogens with one attached hydrogen (secondary N) is 1. The van der Waals surface area contributed by atoms with Crippen LogP contribution in [0.3, 0.4) is 0 Å². The normalized spacial score (nSPS) is 13.7. The molecule has 0 saturated carbocycles. The van der Waals surface area contributed by atoms with Crippen molar-refractivity contribution in [3.63, 3.8) is 0 Å². The van der Waals surface area contributed by atoms with Crippen molar-refractivity contribution in [1.82, 2.24) is 5.32 Å². The Kier molecular flexibility index (Phi) is 7.94. The quantitative estimate of drug-likeness (QED) is 0.703. The van der Waals surface area contributed by atoms with Gasteiger partial charge in [-0.3, -0.25) is 4.79 Å². The molecular formula is C13H17Br2NO3S. The van der Waals surface area contributed by atoms with E-state index in [2.05, 4.69) is 37.2 Å². The average Bonchev–Trinajstić information content (AvgIpc) is 2.39. The Morgan fingerprint density at radius 2 is 2.20 bits per heavy atom. The highest BCUT2D eigenvalue weighted by atomic mass is 79.9. The van der Waals surface area contributed by atoms with E-state index in [1.807, 2.05) is 25.3 Å². The second-order valence-electron chi connectivity index (χ2n) is 4.18. The van der Waals surface area contributed by atoms with Gasteiger partial charge >= 0.3 is 0 Å². The monoisotopic (exact) mass is 425 g/mol. The van der Waals surface area contributed by atoms with E-state index in [4.69, 9.17) is 9.84 Å². The lowest BCUT2D eigenvalue weighted by molar-refractivity contribution is -0.123. The molecule has 4 nitrogen and oxygen atoms in total. The molecule has 0 radical (unpaired) electrons. The number of thioether (sulfide) groups is 1. The van der Waals surface area contributed by atoms with Crippen molar-refractivity contribution in [2.75, 3.05) is 19.5 Å². The Labute approximate surface area is 139 Å². The van der Waals surface area contributed by atoms with Crippen molar-refractivity contribution in [2.45, 2.75) is 18.2 Å². The highest BCUT2D eigenvalue weighted by Gasteiger charge is 2.17. The topological polar surface area (TPSA) is 58.6 Å². The Hall–Kier alpha value is -0.240. The van der Waals surface area contributed by atoms with E-state index in [1.165, 1.54) is 11.8 Å². The van der Waals surface area contributed by atoms with Gasteiger partial charge in [-0.05, 0) is 47.3 Å². The average molecular weight is 427 g/mol. The highest BCUT2D eigenvalue weighted by molar-refractivity contribution is 9.11. The Bertz CT molecular complexity index is 455. The minimum Gasteiger partial charge on any atom is -0.483 e. The molecule has 0 aromatic heterocycles. The van der Waals surface area contributed by atoms with Crippen molar-refractivity contribution in [3.8, 4) is 5.75 Å². The second kappa shape index (κ2) is 8.92. The Balaban J connectivity index is 2.47. The fourth-order valence-corrected chi connectivity index (χ4v) is 3.35. The molecule has 0 aliphatic carbocycles. The number of hydrogen-bond acceptors (Lipinski definition) is 4. The molecule has 0 saturated heterocycles. The smallest absolute Gasteiger partial charge is 0.258 e. The zero-order chi connectivity index (χ0) is 15.1. The molecule has 0 fully saturated rings. The van der Waals surface area contributed by atoms with Crippen molar-refractivity contribution in [1.29, 1.82) is 0 Å². The molecule has 0 aliphatic rings. The van der Waals surface area contributed by atoms with Gasteiger partial charge in [0.2, 0.25) is 0 Å². The number of ether oxygens (including phenoxy) is 1. The molecule has 1 amide bonds. The van der Waals surface area contributed by atoms with Crippen LogP contribution in [-0.2, 0) is 4.79 Å². The molecule has 2 N–H and O–H groups in total. The third-order valence-electron chi connectivity index (χ3n) is 2.68. The van der Waals surface area contributed by atoms with Gasteiger partial charge in [-0.25, -0.2) is 0 Å². The van der Waals surface area contributed by atoms with E-state index < -0.39 is 0 Å². The van der Waals surface area contributed by atoms with Crippen LogP contribution in [-0.4, -0.2) is 41.8 Å². The summed E-state index contributed by atoms with van der Waals surface area (Å²) in [6, 6.07) is 5.37. The van der Waals surface area contributed by atoms with Crippen molar-refractivity contribution >= 4 is 49.5 Å². The number of carbonyl (C=O) groups is 1. The Morgan fingerprint density at radius 3 is 2.75 bits per heavy atom. The predicted molar refractivity (Wildman–Crippen MR) is 89.3 cm³/mol. The van der Waals surface area contributed by atoms with Crippen LogP contribution in [0.5, 0.6) is 5.75 Å². The lowest BCUT2D eigenvalue weighted by Gasteiger charge is -2.21. The zero-order valence-corrected chi connectivity index (χ0v) is 15.2. The summed E-state index contributed by atoms with van der Waals surface area (Å²) in [5.41, 5.74) is 0. The van der Waals surface area contributed by atoms with E-state index in [-0.39, 0.29) is 30.4 Å². The van der Waals surface area contributed by atoms with Gasteiger partial charge in [0.25, 0.3) is 5.91 Å². The van der Waals surface area contributed by atoms with Gasteiger partial charge in [-0.15, -0.1) is 0 Å². The largest absolute Gasteiger partial charge is 0.483 e. The second-order valence-corrected chi connectivity index (χ2v) is 7.02. The fraction of sp³-hybridized carbons (Fsp3) is 0.462. The van der Waals surface area contributed by atoms with Crippen molar-refractivity contribution in [2.24, 2.45) is 0 Å². The van der Waals surface area contributed by atoms with Crippen LogP contribution >= 0.6 is 43.6 Å². The molecule has 0 bridgehead atoms. The highest BCUT2D eigenvalue weighted by Crippen LogP contribution is 2.28. The van der Waals surface area contributed by atoms with Crippen molar-refractivity contribution in [3.05, 3.63) is 27.1 Å². The lowest BCUT2D eigenvalue weighted by atomic mass is 10.2. The van der Waals surface area contributed by atoms with E-state index in [0.717, 1.165) is 8.95 Å². The summed E-state index contributed by atoms with van der Waals surface area (Å²) in [4.78, 5) is 11.8. The number of halogens is 2. The van der Waals surface area contributed by atoms with Gasteiger partial charge in [0.15, 0.2) is 6.61 Å². The molecule has 2 atom stereocenters. The third kappa shape index (κ3) is 5.63. The summed E-state index contributed by atoms with van der Waals surface area (Å²) in [6.45, 7) is 1.84. The number of benzene rings is 1. The minimum atomic E-state index is -0.209. The Morgan fingerprint density at radius 1 is 1.50 bits per heavy atom. The number of rotatable bonds is 7. The molecule has 0 aliphatic heterocycles. The molecule has 2 unspecified atom stereocenters. The first-order valence-corrected chi connectivity index (χ1v) is 8.86. The SMILES string of the molecule is CSC(CO)C(C)NC(=O)COc1ccc(Br)cc1Br. The van der Waals surface area contributed by atoms with Crippen LogP contribution in [0.25, 0.3) is 0 Å². The van der Waals surface area contributed by atoms with Gasteiger partial charge in [-0.2, -0.15) is 11.8 Å². The van der Waals surface area contributed by atoms with Crippen LogP contribution in [0, 0.1) is 0 Å². The van der Waals surface area contributed by atoms with Crippen molar-refractivity contribution < 1.29 is 14.6 Å². The molecule has 20 heavy (non-hydrogen) atoms. The predicted octanol–water partition coefficient (Wildman–Crippen LogP) is 2.82. The third-order valence-corrected chi connectivity index (χ3v) is 4.96. The standard InChI is InChI=1S/C13H17Br2NO3S/c1-8(12(6-17)20-2)16-13(18)7-19-11-4-3-9(14)5-10(11)15/h3-5,8,12,17H,6-7H2,1-2H3,(H,16,18). The first-order chi connectivity index (χ1) is 9.47. The van der Waals surface area contributed by atoms with Gasteiger partial charge in [0, 0.05) is 15.8 Å². The maximum absolute atomic E-state index is 11.8. The number of aliphatic hydroxyl groups is 1. The lowest BCUT2D eigenvalue weighted by Crippen LogP contribution is -2.43. The summed E-state index contributed by atoms with van der Waals surface area (Å²) in [5.74, 6) is 0.402. The van der Waals surface area contributed by atoms with Crippen LogP contribution in [0.4, 0.5) is 0 Å². The molecular weight excluding hydrogens is 410 g/mol. The van der Waals surface area contributed by atoms with Crippen LogP contribution in [0.15, 0.2) is 27.1 Å². The zero-order valence-electron chi connectivity index (χ0n) is 11.2. The number of hydrogen-bond donors (Lipinski definition) is 2. The minimum absolute atomic E-state index is 0.0154. The van der Waals surface area contributed by atoms with Crippen LogP contribution in [0.1, 0.15) is 6.92 Å². The number of amides is 1. The first kappa shape index (κ1) is 17.8. The van der Waals surface area contributed by atoms with E-state index in [9.17, 15) is 4.79 Å². The van der Waals surface area contributed by atoms with Gasteiger partial charge in [0.05, 0.1) is 11.1 Å². The molecule has 0 heterocycles. The maximum Gasteiger partial charge on any atom is 0.258 e. The number of aliphatic hydroxyl groups excluding tert-OH is 1. The first-order valence-electron chi connectivity index (χ1n) is 5.98. The van der Waals surface area contributed by atoms with Gasteiger partial charge < -0.3 is 15.2 Å². The fourth-order valence-electron chi connectivity index (χ4n) is 1.56. The van der Waals surface area contributed by atoms with E-state index in [0.29, 0.717) is 5.75 Å².